The number of hydrogen-bond acceptors (Lipinski definition) is 4. The van der Waals surface area contributed by atoms with E-state index in [1.165, 1.54) is 5.56 Å². The van der Waals surface area contributed by atoms with E-state index in [9.17, 15) is 0 Å². The molecule has 4 nitrogen and oxygen atoms in total. The van der Waals surface area contributed by atoms with Crippen molar-refractivity contribution in [2.45, 2.75) is 20.4 Å². The van der Waals surface area contributed by atoms with Gasteiger partial charge in [-0.15, -0.1) is 10.2 Å². The van der Waals surface area contributed by atoms with Gasteiger partial charge in [-0.3, -0.25) is 0 Å². The molecule has 3 rings (SSSR count). The highest BCUT2D eigenvalue weighted by Gasteiger charge is 2.14. The fourth-order valence-corrected chi connectivity index (χ4v) is 2.65. The van der Waals surface area contributed by atoms with Crippen molar-refractivity contribution < 1.29 is 4.42 Å². The monoisotopic (exact) mass is 327 g/mol. The van der Waals surface area contributed by atoms with Crippen molar-refractivity contribution in [1.29, 1.82) is 0 Å². The molecule has 0 aliphatic carbocycles. The quantitative estimate of drug-likeness (QED) is 0.679. The molecule has 0 aliphatic heterocycles. The van der Waals surface area contributed by atoms with Crippen molar-refractivity contribution in [3.63, 3.8) is 0 Å². The highest BCUT2D eigenvalue weighted by Crippen LogP contribution is 2.27. The molecular weight excluding hydrogens is 310 g/mol. The number of aryl methyl sites for hydroxylation is 1. The fourth-order valence-electron chi connectivity index (χ4n) is 2.43. The van der Waals surface area contributed by atoms with Gasteiger partial charge in [-0.25, -0.2) is 0 Å². The van der Waals surface area contributed by atoms with Gasteiger partial charge in [0.15, 0.2) is 0 Å². The van der Waals surface area contributed by atoms with Gasteiger partial charge in [0, 0.05) is 12.2 Å². The van der Waals surface area contributed by atoms with E-state index in [0.717, 1.165) is 17.8 Å². The lowest BCUT2D eigenvalue weighted by atomic mass is 10.2. The van der Waals surface area contributed by atoms with Gasteiger partial charge in [0.1, 0.15) is 0 Å². The minimum absolute atomic E-state index is 0.450. The Balaban J connectivity index is 1.82. The summed E-state index contributed by atoms with van der Waals surface area (Å²) >= 11 is 6.18. The number of nitrogens with zero attached hydrogens (tertiary/aromatic N) is 3. The molecule has 0 radical (unpaired) electrons. The zero-order valence-corrected chi connectivity index (χ0v) is 13.9. The maximum Gasteiger partial charge on any atom is 0.249 e. The van der Waals surface area contributed by atoms with Gasteiger partial charge in [-0.2, -0.15) is 0 Å². The van der Waals surface area contributed by atoms with Crippen molar-refractivity contribution in [3.8, 4) is 11.5 Å². The molecule has 118 valence electrons. The Morgan fingerprint density at radius 1 is 1.09 bits per heavy atom. The van der Waals surface area contributed by atoms with E-state index in [1.54, 1.807) is 0 Å². The minimum Gasteiger partial charge on any atom is -0.419 e. The second-order valence-electron chi connectivity index (χ2n) is 5.33. The molecule has 0 unspecified atom stereocenters. The van der Waals surface area contributed by atoms with Crippen LogP contribution in [-0.2, 0) is 6.54 Å². The summed E-state index contributed by atoms with van der Waals surface area (Å²) in [6, 6.07) is 15.8. The van der Waals surface area contributed by atoms with Crippen LogP contribution in [0.5, 0.6) is 0 Å². The lowest BCUT2D eigenvalue weighted by Gasteiger charge is -2.21. The smallest absolute Gasteiger partial charge is 0.249 e. The van der Waals surface area contributed by atoms with E-state index < -0.39 is 0 Å². The number of halogens is 1. The summed E-state index contributed by atoms with van der Waals surface area (Å²) in [6.07, 6.45) is 0. The highest BCUT2D eigenvalue weighted by atomic mass is 35.5. The molecular formula is C18H18ClN3O. The van der Waals surface area contributed by atoms with E-state index in [0.29, 0.717) is 23.3 Å². The van der Waals surface area contributed by atoms with E-state index >= 15 is 0 Å². The summed E-state index contributed by atoms with van der Waals surface area (Å²) in [5.41, 5.74) is 3.12. The Morgan fingerprint density at radius 2 is 1.91 bits per heavy atom. The highest BCUT2D eigenvalue weighted by molar-refractivity contribution is 6.33. The first-order valence-corrected chi connectivity index (χ1v) is 7.94. The lowest BCUT2D eigenvalue weighted by Crippen LogP contribution is -2.22. The average Bonchev–Trinajstić information content (AvgIpc) is 3.01. The summed E-state index contributed by atoms with van der Waals surface area (Å²) in [4.78, 5) is 2.19. The number of anilines is 1. The molecule has 0 saturated heterocycles. The molecule has 1 heterocycles. The summed E-state index contributed by atoms with van der Waals surface area (Å²) < 4.78 is 5.79. The summed E-state index contributed by atoms with van der Waals surface area (Å²) in [5, 5.41) is 8.88. The van der Waals surface area contributed by atoms with Gasteiger partial charge in [0.25, 0.3) is 0 Å². The first kappa shape index (κ1) is 15.6. The first-order chi connectivity index (χ1) is 11.2. The molecule has 0 bridgehead atoms. The van der Waals surface area contributed by atoms with Crippen LogP contribution in [0.1, 0.15) is 18.4 Å². The Bertz CT molecular complexity index is 800. The predicted octanol–water partition coefficient (Wildman–Crippen LogP) is 4.72. The number of hydrogen-bond donors (Lipinski definition) is 0. The third-order valence-electron chi connectivity index (χ3n) is 3.65. The van der Waals surface area contributed by atoms with Crippen LogP contribution >= 0.6 is 11.6 Å². The van der Waals surface area contributed by atoms with Gasteiger partial charge in [0.2, 0.25) is 11.8 Å². The summed E-state index contributed by atoms with van der Waals surface area (Å²) in [6.45, 7) is 5.61. The van der Waals surface area contributed by atoms with Gasteiger partial charge >= 0.3 is 0 Å². The molecule has 0 fully saturated rings. The van der Waals surface area contributed by atoms with E-state index in [-0.39, 0.29) is 0 Å². The second-order valence-corrected chi connectivity index (χ2v) is 5.74. The summed E-state index contributed by atoms with van der Waals surface area (Å²) in [7, 11) is 0. The van der Waals surface area contributed by atoms with Crippen LogP contribution in [0.4, 0.5) is 5.69 Å². The predicted molar refractivity (Wildman–Crippen MR) is 92.6 cm³/mol. The second kappa shape index (κ2) is 6.84. The van der Waals surface area contributed by atoms with Crippen molar-refractivity contribution in [2.24, 2.45) is 0 Å². The van der Waals surface area contributed by atoms with E-state index in [1.807, 2.05) is 24.3 Å². The molecule has 0 amide bonds. The molecule has 5 heteroatoms. The zero-order valence-electron chi connectivity index (χ0n) is 13.2. The van der Waals surface area contributed by atoms with Gasteiger partial charge in [0.05, 0.1) is 17.1 Å². The molecule has 2 aromatic carbocycles. The van der Waals surface area contributed by atoms with Crippen LogP contribution in [0, 0.1) is 6.92 Å². The third kappa shape index (κ3) is 3.54. The van der Waals surface area contributed by atoms with Crippen molar-refractivity contribution in [1.82, 2.24) is 10.2 Å². The maximum absolute atomic E-state index is 6.18. The number of aromatic nitrogens is 2. The van der Waals surface area contributed by atoms with Crippen LogP contribution in [0.2, 0.25) is 5.02 Å². The molecule has 23 heavy (non-hydrogen) atoms. The molecule has 0 saturated carbocycles. The maximum atomic E-state index is 6.18. The topological polar surface area (TPSA) is 42.2 Å². The lowest BCUT2D eigenvalue weighted by molar-refractivity contribution is 0.499. The van der Waals surface area contributed by atoms with Crippen LogP contribution in [0.15, 0.2) is 52.9 Å². The van der Waals surface area contributed by atoms with Crippen LogP contribution in [0.3, 0.4) is 0 Å². The Kier molecular flexibility index (Phi) is 4.63. The fraction of sp³-hybridized carbons (Fsp3) is 0.222. The molecule has 0 spiro atoms. The summed E-state index contributed by atoms with van der Waals surface area (Å²) in [5.74, 6) is 1.02. The average molecular weight is 328 g/mol. The van der Waals surface area contributed by atoms with Gasteiger partial charge in [-0.05, 0) is 43.7 Å². The Labute approximate surface area is 140 Å². The molecule has 0 atom stereocenters. The van der Waals surface area contributed by atoms with Crippen LogP contribution in [-0.4, -0.2) is 16.7 Å². The SMILES string of the molecule is CCN(Cc1nnc(-c2ccccc2Cl)o1)c1cccc(C)c1. The van der Waals surface area contributed by atoms with Gasteiger partial charge < -0.3 is 9.32 Å². The number of benzene rings is 2. The molecule has 3 aromatic rings. The van der Waals surface area contributed by atoms with E-state index in [2.05, 4.69) is 53.2 Å². The van der Waals surface area contributed by atoms with E-state index in [4.69, 9.17) is 16.0 Å². The Morgan fingerprint density at radius 3 is 2.65 bits per heavy atom. The normalized spacial score (nSPS) is 10.7. The zero-order chi connectivity index (χ0) is 16.2. The third-order valence-corrected chi connectivity index (χ3v) is 3.98. The van der Waals surface area contributed by atoms with Gasteiger partial charge in [-0.1, -0.05) is 35.9 Å². The van der Waals surface area contributed by atoms with Crippen molar-refractivity contribution >= 4 is 17.3 Å². The molecule has 1 aromatic heterocycles. The molecule has 0 aliphatic rings. The van der Waals surface area contributed by atoms with Crippen LogP contribution < -0.4 is 4.90 Å². The standard InChI is InChI=1S/C18H18ClN3O/c1-3-22(14-8-6-7-13(2)11-14)12-17-20-21-18(23-17)15-9-4-5-10-16(15)19/h4-11H,3,12H2,1-2H3. The van der Waals surface area contributed by atoms with Crippen molar-refractivity contribution in [3.05, 3.63) is 65.0 Å². The van der Waals surface area contributed by atoms with Crippen molar-refractivity contribution in [2.75, 3.05) is 11.4 Å². The number of rotatable bonds is 5. The largest absolute Gasteiger partial charge is 0.419 e. The van der Waals surface area contributed by atoms with Crippen LogP contribution in [0.25, 0.3) is 11.5 Å². The Hall–Kier alpha value is -2.33. The minimum atomic E-state index is 0.450. The molecule has 0 N–H and O–H groups in total. The first-order valence-electron chi connectivity index (χ1n) is 7.56.